The number of unbranched alkanes of at least 4 members (excludes halogenated alkanes) is 1. The maximum Gasteiger partial charge on any atom is 0.192 e. The Morgan fingerprint density at radius 1 is 0.940 bits per heavy atom. The number of rotatable bonds is 16. The fourth-order valence-corrected chi connectivity index (χ4v) is 10.9. The zero-order chi connectivity index (χ0) is 37.8. The Kier molecular flexibility index (Phi) is 15.0. The summed E-state index contributed by atoms with van der Waals surface area (Å²) in [6.07, 6.45) is 22.0. The third-order valence-corrected chi connectivity index (χ3v) is 22.6. The lowest BCUT2D eigenvalue weighted by atomic mass is 9.61. The van der Waals surface area contributed by atoms with Gasteiger partial charge in [-0.05, 0) is 130 Å². The molecule has 0 spiro atoms. The second-order valence-electron chi connectivity index (χ2n) is 20.0. The summed E-state index contributed by atoms with van der Waals surface area (Å²) in [5, 5.41) is 0.320. The van der Waals surface area contributed by atoms with Gasteiger partial charge in [-0.15, -0.1) is 0 Å². The van der Waals surface area contributed by atoms with Crippen molar-refractivity contribution in [3.8, 4) is 0 Å². The molecule has 3 aliphatic rings. The van der Waals surface area contributed by atoms with Crippen molar-refractivity contribution in [1.29, 1.82) is 0 Å². The van der Waals surface area contributed by atoms with Gasteiger partial charge < -0.3 is 18.3 Å². The zero-order valence-electron chi connectivity index (χ0n) is 35.6. The van der Waals surface area contributed by atoms with E-state index >= 15 is 0 Å². The summed E-state index contributed by atoms with van der Waals surface area (Å²) < 4.78 is 25.5. The summed E-state index contributed by atoms with van der Waals surface area (Å²) in [7, 11) is -2.23. The first-order valence-corrected chi connectivity index (χ1v) is 26.1. The van der Waals surface area contributed by atoms with E-state index in [0.29, 0.717) is 18.6 Å². The monoisotopic (exact) mass is 729 g/mol. The topological polar surface area (TPSA) is 36.9 Å². The summed E-state index contributed by atoms with van der Waals surface area (Å²) in [6.45, 7) is 38.0. The van der Waals surface area contributed by atoms with Crippen molar-refractivity contribution in [1.82, 2.24) is 0 Å². The first-order valence-electron chi connectivity index (χ1n) is 20.3. The number of methoxy groups -OCH3 is 1. The van der Waals surface area contributed by atoms with Crippen molar-refractivity contribution in [3.05, 3.63) is 47.1 Å². The Hall–Kier alpha value is -0.766. The molecule has 0 aromatic rings. The highest BCUT2D eigenvalue weighted by atomic mass is 28.4. The van der Waals surface area contributed by atoms with E-state index in [2.05, 4.69) is 114 Å². The van der Waals surface area contributed by atoms with Crippen molar-refractivity contribution >= 4 is 16.6 Å². The molecule has 4 nitrogen and oxygen atoms in total. The molecule has 3 rings (SSSR count). The second kappa shape index (κ2) is 17.1. The Bertz CT molecular complexity index is 1230. The molecule has 2 saturated carbocycles. The SMILES string of the molecule is C=C1/C(=C\C=C2\CCC[C@]3(C)C([C@H](CCCC)CCCC(C)(C)OCOC)=CC[C@@H]23)C[C@@H](O[Si](C)(C)C(C)(C)C)C[C@@H]1O[Si](C)(C)C(C)(C)C. The van der Waals surface area contributed by atoms with Gasteiger partial charge in [0, 0.05) is 13.5 Å². The predicted octanol–water partition coefficient (Wildman–Crippen LogP) is 13.5. The summed E-state index contributed by atoms with van der Waals surface area (Å²) in [5.41, 5.74) is 6.04. The molecule has 0 unspecified atom stereocenters. The molecule has 0 aromatic carbocycles. The van der Waals surface area contributed by atoms with Crippen LogP contribution in [0.4, 0.5) is 0 Å². The molecular weight excluding hydrogens is 649 g/mol. The maximum atomic E-state index is 7.13. The van der Waals surface area contributed by atoms with E-state index in [-0.39, 0.29) is 33.3 Å². The number of hydrogen-bond donors (Lipinski definition) is 0. The van der Waals surface area contributed by atoms with E-state index in [0.717, 1.165) is 19.3 Å². The highest BCUT2D eigenvalue weighted by Crippen LogP contribution is 2.58. The van der Waals surface area contributed by atoms with Crippen LogP contribution in [0.5, 0.6) is 0 Å². The largest absolute Gasteiger partial charge is 0.413 e. The van der Waals surface area contributed by atoms with Gasteiger partial charge in [0.05, 0.1) is 17.8 Å². The normalized spacial score (nSPS) is 27.9. The van der Waals surface area contributed by atoms with E-state index < -0.39 is 16.6 Å². The number of hydrogen-bond acceptors (Lipinski definition) is 4. The fourth-order valence-electron chi connectivity index (χ4n) is 8.22. The van der Waals surface area contributed by atoms with E-state index in [1.807, 2.05) is 0 Å². The minimum Gasteiger partial charge on any atom is -0.413 e. The molecule has 0 amide bonds. The molecule has 0 aromatic heterocycles. The summed E-state index contributed by atoms with van der Waals surface area (Å²) in [5.74, 6) is 1.27. The number of allylic oxidation sites excluding steroid dienone is 5. The van der Waals surface area contributed by atoms with Crippen LogP contribution in [0.3, 0.4) is 0 Å². The van der Waals surface area contributed by atoms with E-state index in [9.17, 15) is 0 Å². The molecular formula is C44H80O4Si2. The van der Waals surface area contributed by atoms with Crippen LogP contribution in [0.2, 0.25) is 36.3 Å². The quantitative estimate of drug-likeness (QED) is 0.0901. The van der Waals surface area contributed by atoms with Gasteiger partial charge in [-0.25, -0.2) is 0 Å². The average Bonchev–Trinajstić information content (AvgIpc) is 3.34. The fraction of sp³-hybridized carbons (Fsp3) is 0.818. The molecule has 288 valence electrons. The van der Waals surface area contributed by atoms with Crippen molar-refractivity contribution in [2.45, 2.75) is 200 Å². The van der Waals surface area contributed by atoms with Crippen LogP contribution < -0.4 is 0 Å². The molecule has 0 aliphatic heterocycles. The highest BCUT2D eigenvalue weighted by molar-refractivity contribution is 6.74. The van der Waals surface area contributed by atoms with Crippen molar-refractivity contribution < 1.29 is 18.3 Å². The first kappa shape index (κ1) is 43.6. The standard InChI is InChI=1S/C44H80O4Si2/c1-17-18-21-34(22-19-28-43(9,10)46-32-45-12)38-26-27-39-35(23-20-29-44(38,39)11)24-25-36-30-37(47-49(13,14)41(3,4)5)31-40(33(36)2)48-50(15,16)42(6,7)8/h24-26,34,37,39-40H,2,17-23,27-32H2,1,3-16H3/b35-24-,36-25-/t34-,37-,39+,40+,44-/m1/s1. The third kappa shape index (κ3) is 10.9. The third-order valence-electron chi connectivity index (χ3n) is 13.6. The van der Waals surface area contributed by atoms with Gasteiger partial charge in [-0.3, -0.25) is 0 Å². The van der Waals surface area contributed by atoms with Gasteiger partial charge in [-0.1, -0.05) is 111 Å². The number of ether oxygens (including phenoxy) is 2. The van der Waals surface area contributed by atoms with Gasteiger partial charge >= 0.3 is 0 Å². The Balaban J connectivity index is 1.87. The molecule has 50 heavy (non-hydrogen) atoms. The Morgan fingerprint density at radius 3 is 2.16 bits per heavy atom. The molecule has 0 bridgehead atoms. The van der Waals surface area contributed by atoms with Crippen molar-refractivity contribution in [2.75, 3.05) is 13.9 Å². The first-order chi connectivity index (χ1) is 23.0. The second-order valence-corrected chi connectivity index (χ2v) is 29.5. The molecule has 5 atom stereocenters. The van der Waals surface area contributed by atoms with Crippen LogP contribution in [0.25, 0.3) is 0 Å². The summed E-state index contributed by atoms with van der Waals surface area (Å²) in [6, 6.07) is 0. The van der Waals surface area contributed by atoms with Crippen LogP contribution in [0.15, 0.2) is 47.1 Å². The summed E-state index contributed by atoms with van der Waals surface area (Å²) in [4.78, 5) is 0. The molecule has 0 saturated heterocycles. The predicted molar refractivity (Wildman–Crippen MR) is 221 cm³/mol. The van der Waals surface area contributed by atoms with Crippen LogP contribution in [-0.4, -0.2) is 48.3 Å². The highest BCUT2D eigenvalue weighted by Gasteiger charge is 2.47. The van der Waals surface area contributed by atoms with Crippen LogP contribution in [-0.2, 0) is 18.3 Å². The van der Waals surface area contributed by atoms with Gasteiger partial charge in [0.2, 0.25) is 0 Å². The average molecular weight is 729 g/mol. The van der Waals surface area contributed by atoms with Crippen LogP contribution in [0, 0.1) is 17.3 Å². The van der Waals surface area contributed by atoms with E-state index in [1.54, 1.807) is 18.3 Å². The van der Waals surface area contributed by atoms with Crippen molar-refractivity contribution in [3.63, 3.8) is 0 Å². The minimum atomic E-state index is -1.99. The van der Waals surface area contributed by atoms with Gasteiger partial charge in [0.15, 0.2) is 16.6 Å². The smallest absolute Gasteiger partial charge is 0.192 e. The number of fused-ring (bicyclic) bond motifs is 1. The molecule has 0 heterocycles. The van der Waals surface area contributed by atoms with Gasteiger partial charge in [-0.2, -0.15) is 0 Å². The lowest BCUT2D eigenvalue weighted by molar-refractivity contribution is -0.118. The molecule has 0 radical (unpaired) electrons. The molecule has 3 aliphatic carbocycles. The lowest BCUT2D eigenvalue weighted by Crippen LogP contribution is -2.49. The Labute approximate surface area is 312 Å². The molecule has 2 fully saturated rings. The van der Waals surface area contributed by atoms with Crippen molar-refractivity contribution in [2.24, 2.45) is 17.3 Å². The summed E-state index contributed by atoms with van der Waals surface area (Å²) >= 11 is 0. The lowest BCUT2D eigenvalue weighted by Gasteiger charge is -2.45. The Morgan fingerprint density at radius 2 is 1.56 bits per heavy atom. The van der Waals surface area contributed by atoms with Gasteiger partial charge in [0.1, 0.15) is 6.79 Å². The van der Waals surface area contributed by atoms with Gasteiger partial charge in [0.25, 0.3) is 0 Å². The van der Waals surface area contributed by atoms with Crippen LogP contribution >= 0.6 is 0 Å². The maximum absolute atomic E-state index is 7.13. The van der Waals surface area contributed by atoms with E-state index in [4.69, 9.17) is 24.9 Å². The molecule has 0 N–H and O–H groups in total. The minimum absolute atomic E-state index is 0.0182. The van der Waals surface area contributed by atoms with E-state index in [1.165, 1.54) is 68.9 Å². The molecule has 6 heteroatoms. The zero-order valence-corrected chi connectivity index (χ0v) is 37.6. The van der Waals surface area contributed by atoms with Crippen LogP contribution in [0.1, 0.15) is 146 Å².